The van der Waals surface area contributed by atoms with Crippen LogP contribution in [0.3, 0.4) is 0 Å². The highest BCUT2D eigenvalue weighted by Crippen LogP contribution is 2.39. The summed E-state index contributed by atoms with van der Waals surface area (Å²) in [6.45, 7) is 3.17. The van der Waals surface area contributed by atoms with Gasteiger partial charge >= 0.3 is 0 Å². The van der Waals surface area contributed by atoms with Gasteiger partial charge in [0.2, 0.25) is 0 Å². The van der Waals surface area contributed by atoms with Crippen molar-refractivity contribution in [1.82, 2.24) is 0 Å². The van der Waals surface area contributed by atoms with Crippen LogP contribution < -0.4 is 5.73 Å². The Morgan fingerprint density at radius 1 is 1.21 bits per heavy atom. The highest BCUT2D eigenvalue weighted by molar-refractivity contribution is 7.99. The molecule has 1 aliphatic rings. The normalized spacial score (nSPS) is 27.4. The maximum absolute atomic E-state index is 5.97. The summed E-state index contributed by atoms with van der Waals surface area (Å²) in [6.07, 6.45) is 6.85. The van der Waals surface area contributed by atoms with Crippen LogP contribution in [-0.4, -0.2) is 11.8 Å². The summed E-state index contributed by atoms with van der Waals surface area (Å²) in [4.78, 5) is 0. The molecule has 1 aliphatic carbocycles. The lowest BCUT2D eigenvalue weighted by molar-refractivity contribution is 0.276. The first kappa shape index (κ1) is 14.9. The summed E-state index contributed by atoms with van der Waals surface area (Å²) in [5.74, 6) is 2.82. The van der Waals surface area contributed by atoms with Crippen molar-refractivity contribution in [2.75, 3.05) is 6.54 Å². The van der Waals surface area contributed by atoms with E-state index in [2.05, 4.69) is 49.0 Å². The lowest BCUT2D eigenvalue weighted by Crippen LogP contribution is -2.32. The van der Waals surface area contributed by atoms with Gasteiger partial charge in [0.05, 0.1) is 0 Å². The molecule has 1 fully saturated rings. The Labute approximate surface area is 122 Å². The van der Waals surface area contributed by atoms with Gasteiger partial charge < -0.3 is 5.73 Å². The fourth-order valence-corrected chi connectivity index (χ4v) is 4.72. The SMILES string of the molecule is CCCC1CCC(CN)C(SCc2ccccc2)C1. The topological polar surface area (TPSA) is 26.0 Å². The Hall–Kier alpha value is -0.470. The summed E-state index contributed by atoms with van der Waals surface area (Å²) in [5, 5.41) is 0.774. The Morgan fingerprint density at radius 2 is 2.00 bits per heavy atom. The van der Waals surface area contributed by atoms with Crippen molar-refractivity contribution in [1.29, 1.82) is 0 Å². The quantitative estimate of drug-likeness (QED) is 0.830. The molecule has 2 heteroatoms. The molecule has 19 heavy (non-hydrogen) atoms. The highest BCUT2D eigenvalue weighted by atomic mass is 32.2. The molecule has 0 bridgehead atoms. The van der Waals surface area contributed by atoms with Crippen LogP contribution in [0.15, 0.2) is 30.3 Å². The average molecular weight is 277 g/mol. The maximum atomic E-state index is 5.97. The van der Waals surface area contributed by atoms with Crippen molar-refractivity contribution in [3.8, 4) is 0 Å². The molecular weight excluding hydrogens is 250 g/mol. The van der Waals surface area contributed by atoms with E-state index in [0.717, 1.165) is 29.4 Å². The van der Waals surface area contributed by atoms with Gasteiger partial charge in [0.25, 0.3) is 0 Å². The first-order chi connectivity index (χ1) is 9.33. The molecule has 2 N–H and O–H groups in total. The molecule has 3 unspecified atom stereocenters. The summed E-state index contributed by atoms with van der Waals surface area (Å²) in [7, 11) is 0. The van der Waals surface area contributed by atoms with Crippen LogP contribution in [-0.2, 0) is 5.75 Å². The molecule has 0 aromatic heterocycles. The molecule has 0 amide bonds. The van der Waals surface area contributed by atoms with Crippen LogP contribution in [0.1, 0.15) is 44.6 Å². The molecule has 0 spiro atoms. The zero-order chi connectivity index (χ0) is 13.5. The molecule has 0 saturated heterocycles. The molecule has 3 atom stereocenters. The molecular formula is C17H27NS. The van der Waals surface area contributed by atoms with Gasteiger partial charge in [-0.15, -0.1) is 0 Å². The van der Waals surface area contributed by atoms with Gasteiger partial charge in [-0.1, -0.05) is 56.5 Å². The van der Waals surface area contributed by atoms with Gasteiger partial charge in [-0.25, -0.2) is 0 Å². The third-order valence-corrected chi connectivity index (χ3v) is 5.85. The zero-order valence-corrected chi connectivity index (χ0v) is 12.9. The number of benzene rings is 1. The van der Waals surface area contributed by atoms with E-state index in [0.29, 0.717) is 0 Å². The van der Waals surface area contributed by atoms with Gasteiger partial charge in [-0.3, -0.25) is 0 Å². The Kier molecular flexibility index (Phi) is 6.25. The van der Waals surface area contributed by atoms with Crippen molar-refractivity contribution in [3.63, 3.8) is 0 Å². The van der Waals surface area contributed by atoms with Crippen molar-refractivity contribution in [2.45, 2.75) is 50.0 Å². The summed E-state index contributed by atoms with van der Waals surface area (Å²) < 4.78 is 0. The first-order valence-electron chi connectivity index (χ1n) is 7.69. The van der Waals surface area contributed by atoms with Gasteiger partial charge in [0, 0.05) is 11.0 Å². The van der Waals surface area contributed by atoms with E-state index in [1.54, 1.807) is 0 Å². The molecule has 2 rings (SSSR count). The van der Waals surface area contributed by atoms with E-state index in [4.69, 9.17) is 5.73 Å². The molecule has 1 aromatic carbocycles. The third kappa shape index (κ3) is 4.54. The zero-order valence-electron chi connectivity index (χ0n) is 12.1. The van der Waals surface area contributed by atoms with E-state index in [9.17, 15) is 0 Å². The second kappa shape index (κ2) is 7.96. The van der Waals surface area contributed by atoms with Crippen molar-refractivity contribution in [3.05, 3.63) is 35.9 Å². The molecule has 0 heterocycles. The lowest BCUT2D eigenvalue weighted by atomic mass is 9.80. The Bertz CT molecular complexity index is 352. The lowest BCUT2D eigenvalue weighted by Gasteiger charge is -2.35. The van der Waals surface area contributed by atoms with Crippen molar-refractivity contribution < 1.29 is 0 Å². The molecule has 0 aliphatic heterocycles. The van der Waals surface area contributed by atoms with E-state index >= 15 is 0 Å². The maximum Gasteiger partial charge on any atom is 0.0187 e. The van der Waals surface area contributed by atoms with Crippen LogP contribution in [0, 0.1) is 11.8 Å². The van der Waals surface area contributed by atoms with E-state index in [1.165, 1.54) is 37.7 Å². The molecule has 1 nitrogen and oxygen atoms in total. The number of hydrogen-bond acceptors (Lipinski definition) is 2. The van der Waals surface area contributed by atoms with Gasteiger partial charge in [-0.2, -0.15) is 11.8 Å². The predicted octanol–water partition coefficient (Wildman–Crippen LogP) is 4.46. The smallest absolute Gasteiger partial charge is 0.0187 e. The van der Waals surface area contributed by atoms with E-state index in [1.807, 2.05) is 0 Å². The van der Waals surface area contributed by atoms with Crippen LogP contribution in [0.5, 0.6) is 0 Å². The minimum Gasteiger partial charge on any atom is -0.330 e. The third-order valence-electron chi connectivity index (χ3n) is 4.34. The van der Waals surface area contributed by atoms with Crippen molar-refractivity contribution in [2.24, 2.45) is 17.6 Å². The standard InChI is InChI=1S/C17H27NS/c1-2-6-14-9-10-16(12-18)17(11-14)19-13-15-7-4-3-5-8-15/h3-5,7-8,14,16-17H,2,6,9-13,18H2,1H3. The van der Waals surface area contributed by atoms with Crippen LogP contribution in [0.4, 0.5) is 0 Å². The van der Waals surface area contributed by atoms with Gasteiger partial charge in [0.1, 0.15) is 0 Å². The summed E-state index contributed by atoms with van der Waals surface area (Å²) >= 11 is 2.13. The number of thioether (sulfide) groups is 1. The van der Waals surface area contributed by atoms with Crippen LogP contribution >= 0.6 is 11.8 Å². The van der Waals surface area contributed by atoms with Crippen LogP contribution in [0.25, 0.3) is 0 Å². The average Bonchev–Trinajstić information content (AvgIpc) is 2.47. The fraction of sp³-hybridized carbons (Fsp3) is 0.647. The highest BCUT2D eigenvalue weighted by Gasteiger charge is 2.29. The Balaban J connectivity index is 1.87. The second-order valence-electron chi connectivity index (χ2n) is 5.80. The summed E-state index contributed by atoms with van der Waals surface area (Å²) in [6, 6.07) is 10.8. The van der Waals surface area contributed by atoms with Crippen LogP contribution in [0.2, 0.25) is 0 Å². The van der Waals surface area contributed by atoms with E-state index in [-0.39, 0.29) is 0 Å². The fourth-order valence-electron chi connectivity index (χ4n) is 3.20. The monoisotopic (exact) mass is 277 g/mol. The van der Waals surface area contributed by atoms with Gasteiger partial charge in [0.15, 0.2) is 0 Å². The molecule has 1 saturated carbocycles. The molecule has 1 aromatic rings. The van der Waals surface area contributed by atoms with E-state index < -0.39 is 0 Å². The van der Waals surface area contributed by atoms with Crippen molar-refractivity contribution >= 4 is 11.8 Å². The summed E-state index contributed by atoms with van der Waals surface area (Å²) in [5.41, 5.74) is 7.41. The molecule has 106 valence electrons. The largest absolute Gasteiger partial charge is 0.330 e. The first-order valence-corrected chi connectivity index (χ1v) is 8.74. The minimum absolute atomic E-state index is 0.738. The Morgan fingerprint density at radius 3 is 2.68 bits per heavy atom. The minimum atomic E-state index is 0.738. The number of hydrogen-bond donors (Lipinski definition) is 1. The second-order valence-corrected chi connectivity index (χ2v) is 7.03. The number of rotatable bonds is 6. The number of nitrogens with two attached hydrogens (primary N) is 1. The molecule has 0 radical (unpaired) electrons. The van der Waals surface area contributed by atoms with Gasteiger partial charge in [-0.05, 0) is 36.8 Å². The predicted molar refractivity (Wildman–Crippen MR) is 86.3 cm³/mol.